The zero-order valence-electron chi connectivity index (χ0n) is 17.6. The van der Waals surface area contributed by atoms with E-state index in [0.29, 0.717) is 49.7 Å². The van der Waals surface area contributed by atoms with Gasteiger partial charge >= 0.3 is 0 Å². The minimum atomic E-state index is -1.34. The van der Waals surface area contributed by atoms with Crippen molar-refractivity contribution in [3.05, 3.63) is 23.5 Å². The molecule has 29 heavy (non-hydrogen) atoms. The summed E-state index contributed by atoms with van der Waals surface area (Å²) < 4.78 is 37.0. The number of aliphatic hydroxyl groups excluding tert-OH is 1. The number of halogens is 1. The van der Waals surface area contributed by atoms with Crippen molar-refractivity contribution in [2.45, 2.75) is 69.9 Å². The van der Waals surface area contributed by atoms with Crippen LogP contribution in [-0.4, -0.2) is 54.6 Å². The summed E-state index contributed by atoms with van der Waals surface area (Å²) in [6.07, 6.45) is 2.18. The molecular weight excluding hydrogens is 379 g/mol. The quantitative estimate of drug-likeness (QED) is 0.639. The first-order valence-corrected chi connectivity index (χ1v) is 10.5. The fourth-order valence-corrected chi connectivity index (χ4v) is 4.30. The highest BCUT2D eigenvalue weighted by atomic mass is 19.1. The van der Waals surface area contributed by atoms with Gasteiger partial charge in [0, 0.05) is 18.9 Å². The third-order valence-electron chi connectivity index (χ3n) is 6.27. The van der Waals surface area contributed by atoms with Crippen molar-refractivity contribution in [3.8, 4) is 11.5 Å². The number of methoxy groups -OCH3 is 1. The molecule has 2 N–H and O–H groups in total. The van der Waals surface area contributed by atoms with Crippen molar-refractivity contribution in [3.63, 3.8) is 0 Å². The van der Waals surface area contributed by atoms with E-state index < -0.39 is 23.3 Å². The van der Waals surface area contributed by atoms with Crippen LogP contribution in [0.1, 0.15) is 51.5 Å². The maximum Gasteiger partial charge on any atom is 0.171 e. The van der Waals surface area contributed by atoms with E-state index in [0.717, 1.165) is 12.8 Å². The Labute approximate surface area is 171 Å². The normalized spacial score (nSPS) is 27.2. The van der Waals surface area contributed by atoms with E-state index in [-0.39, 0.29) is 18.8 Å². The molecule has 6 nitrogen and oxygen atoms in total. The summed E-state index contributed by atoms with van der Waals surface area (Å²) in [5.41, 5.74) is -0.907. The van der Waals surface area contributed by atoms with Gasteiger partial charge in [0.2, 0.25) is 0 Å². The second-order valence-corrected chi connectivity index (χ2v) is 8.22. The lowest BCUT2D eigenvalue weighted by atomic mass is 9.70. The number of rotatable bonds is 8. The maximum absolute atomic E-state index is 14.7. The Balaban J connectivity index is 1.73. The third kappa shape index (κ3) is 4.68. The minimum absolute atomic E-state index is 0.213. The standard InChI is InChI=1S/C22H33FO6/c1-4-5-8-27-19-12-16(17(23)13-18(19)26-3)11-15(2)22(25)7-6-21(14-20(22)24)28-9-10-29-21/h12-13,15,20,24-25H,4-11,14H2,1-3H3/t15?,20-,22-/m1/s1. The van der Waals surface area contributed by atoms with Crippen LogP contribution in [0.15, 0.2) is 12.1 Å². The van der Waals surface area contributed by atoms with Crippen LogP contribution in [0.2, 0.25) is 0 Å². The van der Waals surface area contributed by atoms with Gasteiger partial charge in [0.1, 0.15) is 5.82 Å². The van der Waals surface area contributed by atoms with Gasteiger partial charge in [0.15, 0.2) is 17.3 Å². The van der Waals surface area contributed by atoms with Crippen LogP contribution in [0.5, 0.6) is 11.5 Å². The first kappa shape index (κ1) is 22.3. The number of unbranched alkanes of at least 4 members (excludes halogenated alkanes) is 1. The summed E-state index contributed by atoms with van der Waals surface area (Å²) in [6, 6.07) is 2.96. The molecule has 0 radical (unpaired) electrons. The van der Waals surface area contributed by atoms with Gasteiger partial charge in [0.25, 0.3) is 0 Å². The summed E-state index contributed by atoms with van der Waals surface area (Å²) in [5, 5.41) is 21.9. The summed E-state index contributed by atoms with van der Waals surface area (Å²) >= 11 is 0. The largest absolute Gasteiger partial charge is 0.493 e. The van der Waals surface area contributed by atoms with Gasteiger partial charge in [-0.25, -0.2) is 4.39 Å². The Morgan fingerprint density at radius 1 is 1.24 bits per heavy atom. The van der Waals surface area contributed by atoms with Gasteiger partial charge < -0.3 is 29.2 Å². The SMILES string of the molecule is CCCCOc1cc(CC(C)[C@]2(O)CCC3(C[C@H]2O)OCCO3)c(F)cc1OC. The van der Waals surface area contributed by atoms with Crippen molar-refractivity contribution in [2.24, 2.45) is 5.92 Å². The lowest BCUT2D eigenvalue weighted by Crippen LogP contribution is -2.57. The van der Waals surface area contributed by atoms with Gasteiger partial charge in [-0.2, -0.15) is 0 Å². The van der Waals surface area contributed by atoms with E-state index in [9.17, 15) is 14.6 Å². The van der Waals surface area contributed by atoms with Crippen molar-refractivity contribution >= 4 is 0 Å². The van der Waals surface area contributed by atoms with Crippen molar-refractivity contribution in [2.75, 3.05) is 26.9 Å². The van der Waals surface area contributed by atoms with E-state index in [2.05, 4.69) is 6.92 Å². The van der Waals surface area contributed by atoms with Gasteiger partial charge in [0.05, 0.1) is 38.6 Å². The van der Waals surface area contributed by atoms with Crippen LogP contribution >= 0.6 is 0 Å². The highest BCUT2D eigenvalue weighted by Gasteiger charge is 2.53. The van der Waals surface area contributed by atoms with Crippen LogP contribution in [0.25, 0.3) is 0 Å². The van der Waals surface area contributed by atoms with Crippen LogP contribution in [0.3, 0.4) is 0 Å². The molecule has 1 saturated heterocycles. The molecule has 1 heterocycles. The smallest absolute Gasteiger partial charge is 0.171 e. The van der Waals surface area contributed by atoms with E-state index >= 15 is 0 Å². The lowest BCUT2D eigenvalue weighted by molar-refractivity contribution is -0.246. The van der Waals surface area contributed by atoms with Gasteiger partial charge in [-0.3, -0.25) is 0 Å². The Hall–Kier alpha value is -1.41. The molecule has 7 heteroatoms. The van der Waals surface area contributed by atoms with Gasteiger partial charge in [-0.15, -0.1) is 0 Å². The zero-order valence-corrected chi connectivity index (χ0v) is 17.6. The highest BCUT2D eigenvalue weighted by Crippen LogP contribution is 2.44. The number of ether oxygens (including phenoxy) is 4. The summed E-state index contributed by atoms with van der Waals surface area (Å²) in [6.45, 7) is 5.43. The topological polar surface area (TPSA) is 77.4 Å². The molecule has 3 atom stereocenters. The second-order valence-electron chi connectivity index (χ2n) is 8.22. The summed E-state index contributed by atoms with van der Waals surface area (Å²) in [7, 11) is 1.48. The number of benzene rings is 1. The molecule has 1 unspecified atom stereocenters. The van der Waals surface area contributed by atoms with E-state index in [1.165, 1.54) is 13.2 Å². The molecule has 1 saturated carbocycles. The van der Waals surface area contributed by atoms with Crippen molar-refractivity contribution < 1.29 is 33.6 Å². The van der Waals surface area contributed by atoms with Crippen LogP contribution in [-0.2, 0) is 15.9 Å². The highest BCUT2D eigenvalue weighted by molar-refractivity contribution is 5.44. The Kier molecular flexibility index (Phi) is 7.04. The van der Waals surface area contributed by atoms with E-state index in [1.54, 1.807) is 6.07 Å². The summed E-state index contributed by atoms with van der Waals surface area (Å²) in [5.74, 6) is -0.736. The van der Waals surface area contributed by atoms with E-state index in [4.69, 9.17) is 18.9 Å². The third-order valence-corrected chi connectivity index (χ3v) is 6.27. The molecule has 1 aromatic carbocycles. The molecule has 2 aliphatic rings. The molecule has 164 valence electrons. The summed E-state index contributed by atoms with van der Waals surface area (Å²) in [4.78, 5) is 0. The second kappa shape index (κ2) is 9.16. The molecule has 0 bridgehead atoms. The minimum Gasteiger partial charge on any atom is -0.493 e. The first-order chi connectivity index (χ1) is 13.8. The Morgan fingerprint density at radius 3 is 2.59 bits per heavy atom. The predicted molar refractivity (Wildman–Crippen MR) is 106 cm³/mol. The molecule has 1 spiro atoms. The number of aliphatic hydroxyl groups is 2. The molecular formula is C22H33FO6. The zero-order chi connectivity index (χ0) is 21.1. The Bertz CT molecular complexity index is 690. The molecule has 2 fully saturated rings. The maximum atomic E-state index is 14.7. The fourth-order valence-electron chi connectivity index (χ4n) is 4.30. The average Bonchev–Trinajstić information content (AvgIpc) is 3.15. The van der Waals surface area contributed by atoms with Crippen molar-refractivity contribution in [1.29, 1.82) is 0 Å². The van der Waals surface area contributed by atoms with Gasteiger partial charge in [-0.1, -0.05) is 20.3 Å². The average molecular weight is 412 g/mol. The molecule has 1 aliphatic carbocycles. The molecule has 1 aromatic rings. The molecule has 1 aliphatic heterocycles. The van der Waals surface area contributed by atoms with Crippen LogP contribution < -0.4 is 9.47 Å². The van der Waals surface area contributed by atoms with E-state index in [1.807, 2.05) is 6.92 Å². The molecule has 0 amide bonds. The monoisotopic (exact) mass is 412 g/mol. The first-order valence-electron chi connectivity index (χ1n) is 10.5. The van der Waals surface area contributed by atoms with Gasteiger partial charge in [-0.05, 0) is 36.8 Å². The Morgan fingerprint density at radius 2 is 1.97 bits per heavy atom. The van der Waals surface area contributed by atoms with Crippen LogP contribution in [0.4, 0.5) is 4.39 Å². The number of hydrogen-bond donors (Lipinski definition) is 2. The predicted octanol–water partition coefficient (Wildman–Crippen LogP) is 3.21. The molecule has 0 aromatic heterocycles. The fraction of sp³-hybridized carbons (Fsp3) is 0.727. The van der Waals surface area contributed by atoms with Crippen LogP contribution in [0, 0.1) is 11.7 Å². The number of hydrogen-bond acceptors (Lipinski definition) is 6. The van der Waals surface area contributed by atoms with Crippen molar-refractivity contribution in [1.82, 2.24) is 0 Å². The lowest BCUT2D eigenvalue weighted by Gasteiger charge is -2.47. The molecule has 3 rings (SSSR count).